The number of phenolic OH excluding ortho intramolecular Hbond substituents is 1. The molecule has 1 rings (SSSR count). The Hall–Kier alpha value is -0.570. The highest BCUT2D eigenvalue weighted by Crippen LogP contribution is 2.28. The Morgan fingerprint density at radius 2 is 2.10 bits per heavy atom. The van der Waals surface area contributed by atoms with Gasteiger partial charge in [-0.1, -0.05) is 0 Å². The van der Waals surface area contributed by atoms with Crippen molar-refractivity contribution in [3.05, 3.63) is 28.0 Å². The van der Waals surface area contributed by atoms with Crippen molar-refractivity contribution in [3.63, 3.8) is 0 Å². The van der Waals surface area contributed by atoms with E-state index in [-0.39, 0.29) is 11.6 Å². The third-order valence-corrected chi connectivity index (χ3v) is 2.30. The van der Waals surface area contributed by atoms with Crippen LogP contribution in [0.1, 0.15) is 5.56 Å². The molecule has 1 aromatic rings. The molecule has 3 heteroatoms. The number of halogens is 2. The molecule has 1 aromatic carbocycles. The van der Waals surface area contributed by atoms with Crippen LogP contribution in [0.3, 0.4) is 0 Å². The standard InChI is InChI=1S/C7H6BrFO/c1-4-5(9)2-3-6(10)7(4)8/h2-3,10H,1H3. The van der Waals surface area contributed by atoms with E-state index in [1.807, 2.05) is 0 Å². The van der Waals surface area contributed by atoms with Crippen molar-refractivity contribution >= 4 is 15.9 Å². The summed E-state index contributed by atoms with van der Waals surface area (Å²) in [6, 6.07) is 2.54. The number of hydrogen-bond donors (Lipinski definition) is 1. The van der Waals surface area contributed by atoms with Crippen molar-refractivity contribution in [2.24, 2.45) is 0 Å². The Morgan fingerprint density at radius 3 is 2.60 bits per heavy atom. The lowest BCUT2D eigenvalue weighted by Crippen LogP contribution is -1.82. The first-order chi connectivity index (χ1) is 4.63. The van der Waals surface area contributed by atoms with E-state index in [2.05, 4.69) is 15.9 Å². The molecule has 54 valence electrons. The molecule has 0 amide bonds. The average molecular weight is 205 g/mol. The highest BCUT2D eigenvalue weighted by atomic mass is 79.9. The van der Waals surface area contributed by atoms with E-state index in [4.69, 9.17) is 5.11 Å². The van der Waals surface area contributed by atoms with Crippen molar-refractivity contribution in [1.82, 2.24) is 0 Å². The largest absolute Gasteiger partial charge is 0.507 e. The molecule has 0 saturated heterocycles. The van der Waals surface area contributed by atoms with Gasteiger partial charge in [-0.25, -0.2) is 4.39 Å². The van der Waals surface area contributed by atoms with Gasteiger partial charge in [0.25, 0.3) is 0 Å². The highest BCUT2D eigenvalue weighted by molar-refractivity contribution is 9.10. The van der Waals surface area contributed by atoms with Crippen molar-refractivity contribution in [1.29, 1.82) is 0 Å². The van der Waals surface area contributed by atoms with Gasteiger partial charge in [-0.2, -0.15) is 0 Å². The average Bonchev–Trinajstić information content (AvgIpc) is 1.93. The van der Waals surface area contributed by atoms with Gasteiger partial charge < -0.3 is 5.11 Å². The number of phenols is 1. The predicted octanol–water partition coefficient (Wildman–Crippen LogP) is 2.60. The number of aromatic hydroxyl groups is 1. The topological polar surface area (TPSA) is 20.2 Å². The van der Waals surface area contributed by atoms with Gasteiger partial charge in [0.2, 0.25) is 0 Å². The zero-order chi connectivity index (χ0) is 7.72. The first-order valence-corrected chi connectivity index (χ1v) is 3.56. The van der Waals surface area contributed by atoms with Crippen molar-refractivity contribution in [2.75, 3.05) is 0 Å². The maximum Gasteiger partial charge on any atom is 0.130 e. The monoisotopic (exact) mass is 204 g/mol. The predicted molar refractivity (Wildman–Crippen MR) is 40.5 cm³/mol. The first kappa shape index (κ1) is 7.54. The first-order valence-electron chi connectivity index (χ1n) is 2.76. The number of rotatable bonds is 0. The Balaban J connectivity index is 3.34. The summed E-state index contributed by atoms with van der Waals surface area (Å²) in [4.78, 5) is 0. The fourth-order valence-electron chi connectivity index (χ4n) is 0.647. The number of hydrogen-bond acceptors (Lipinski definition) is 1. The minimum absolute atomic E-state index is 0.0684. The third kappa shape index (κ3) is 1.14. The van der Waals surface area contributed by atoms with Crippen LogP contribution >= 0.6 is 15.9 Å². The van der Waals surface area contributed by atoms with Crippen LogP contribution in [-0.2, 0) is 0 Å². The lowest BCUT2D eigenvalue weighted by Gasteiger charge is -2.00. The van der Waals surface area contributed by atoms with Crippen molar-refractivity contribution < 1.29 is 9.50 Å². The molecule has 0 aliphatic carbocycles. The van der Waals surface area contributed by atoms with Crippen molar-refractivity contribution in [3.8, 4) is 5.75 Å². The Bertz CT molecular complexity index is 233. The SMILES string of the molecule is Cc1c(F)ccc(O)c1Br. The second-order valence-corrected chi connectivity index (χ2v) is 2.80. The lowest BCUT2D eigenvalue weighted by atomic mass is 10.2. The Kier molecular flexibility index (Phi) is 1.94. The van der Waals surface area contributed by atoms with E-state index in [0.29, 0.717) is 10.0 Å². The van der Waals surface area contributed by atoms with Gasteiger partial charge in [0.15, 0.2) is 0 Å². The third-order valence-electron chi connectivity index (χ3n) is 1.30. The molecule has 0 heterocycles. The van der Waals surface area contributed by atoms with E-state index < -0.39 is 0 Å². The summed E-state index contributed by atoms with van der Waals surface area (Å²) in [5, 5.41) is 9.01. The maximum absolute atomic E-state index is 12.6. The fourth-order valence-corrected chi connectivity index (χ4v) is 0.969. The minimum Gasteiger partial charge on any atom is -0.507 e. The lowest BCUT2D eigenvalue weighted by molar-refractivity contribution is 0.468. The highest BCUT2D eigenvalue weighted by Gasteiger charge is 2.04. The van der Waals surface area contributed by atoms with Crippen LogP contribution < -0.4 is 0 Å². The van der Waals surface area contributed by atoms with Gasteiger partial charge in [0, 0.05) is 5.56 Å². The smallest absolute Gasteiger partial charge is 0.130 e. The van der Waals surface area contributed by atoms with Gasteiger partial charge in [-0.3, -0.25) is 0 Å². The Morgan fingerprint density at radius 1 is 1.50 bits per heavy atom. The second kappa shape index (κ2) is 2.58. The quantitative estimate of drug-likeness (QED) is 0.690. The summed E-state index contributed by atoms with van der Waals surface area (Å²) in [5.74, 6) is -0.247. The van der Waals surface area contributed by atoms with Crippen LogP contribution in [0, 0.1) is 12.7 Å². The normalized spacial score (nSPS) is 9.90. The van der Waals surface area contributed by atoms with Crippen LogP contribution in [0.25, 0.3) is 0 Å². The summed E-state index contributed by atoms with van der Waals surface area (Å²) in [5.41, 5.74) is 0.431. The molecule has 0 spiro atoms. The van der Waals surface area contributed by atoms with Crippen LogP contribution in [0.5, 0.6) is 5.75 Å². The molecule has 0 atom stereocenters. The van der Waals surface area contributed by atoms with Gasteiger partial charge in [0.05, 0.1) is 4.47 Å². The molecule has 0 fully saturated rings. The summed E-state index contributed by atoms with van der Waals surface area (Å²) >= 11 is 3.04. The molecule has 1 N–H and O–H groups in total. The summed E-state index contributed by atoms with van der Waals surface area (Å²) < 4.78 is 13.0. The summed E-state index contributed by atoms with van der Waals surface area (Å²) in [6.45, 7) is 1.60. The van der Waals surface area contributed by atoms with Crippen LogP contribution in [0.4, 0.5) is 4.39 Å². The number of benzene rings is 1. The zero-order valence-corrected chi connectivity index (χ0v) is 6.94. The van der Waals surface area contributed by atoms with E-state index >= 15 is 0 Å². The van der Waals surface area contributed by atoms with Crippen LogP contribution in [0.2, 0.25) is 0 Å². The zero-order valence-electron chi connectivity index (χ0n) is 5.36. The molecule has 0 aliphatic rings. The molecule has 0 aromatic heterocycles. The van der Waals surface area contributed by atoms with E-state index in [1.54, 1.807) is 6.92 Å². The molecule has 0 aliphatic heterocycles. The molecule has 10 heavy (non-hydrogen) atoms. The molecule has 0 radical (unpaired) electrons. The van der Waals surface area contributed by atoms with E-state index in [1.165, 1.54) is 12.1 Å². The Labute approximate surface area is 66.6 Å². The van der Waals surface area contributed by atoms with Gasteiger partial charge in [-0.05, 0) is 35.0 Å². The van der Waals surface area contributed by atoms with E-state index in [0.717, 1.165) is 0 Å². The summed E-state index contributed by atoms with van der Waals surface area (Å²) in [6.07, 6.45) is 0. The van der Waals surface area contributed by atoms with Gasteiger partial charge >= 0.3 is 0 Å². The van der Waals surface area contributed by atoms with E-state index in [9.17, 15) is 4.39 Å². The van der Waals surface area contributed by atoms with Gasteiger partial charge in [-0.15, -0.1) is 0 Å². The maximum atomic E-state index is 12.6. The molecule has 0 unspecified atom stereocenters. The van der Waals surface area contributed by atoms with Crippen LogP contribution in [-0.4, -0.2) is 5.11 Å². The van der Waals surface area contributed by atoms with Crippen molar-refractivity contribution in [2.45, 2.75) is 6.92 Å². The molecular weight excluding hydrogens is 199 g/mol. The molecule has 1 nitrogen and oxygen atoms in total. The molecule has 0 bridgehead atoms. The van der Waals surface area contributed by atoms with Gasteiger partial charge in [0.1, 0.15) is 11.6 Å². The fraction of sp³-hybridized carbons (Fsp3) is 0.143. The molecule has 0 saturated carbocycles. The van der Waals surface area contributed by atoms with Crippen LogP contribution in [0.15, 0.2) is 16.6 Å². The second-order valence-electron chi connectivity index (χ2n) is 2.01. The minimum atomic E-state index is -0.315. The summed E-state index contributed by atoms with van der Waals surface area (Å²) in [7, 11) is 0. The molecular formula is C7H6BrFO.